The summed E-state index contributed by atoms with van der Waals surface area (Å²) in [5, 5.41) is 8.66. The fourth-order valence-corrected chi connectivity index (χ4v) is 1.70. The fourth-order valence-electron chi connectivity index (χ4n) is 1.70. The first kappa shape index (κ1) is 16.0. The van der Waals surface area contributed by atoms with E-state index in [9.17, 15) is 9.59 Å². The van der Waals surface area contributed by atoms with Crippen LogP contribution in [0.4, 0.5) is 0 Å². The number of nitrogens with two attached hydrogens (primary N) is 1. The first-order valence-corrected chi connectivity index (χ1v) is 6.40. The molecule has 0 aliphatic heterocycles. The lowest BCUT2D eigenvalue weighted by Crippen LogP contribution is -2.32. The van der Waals surface area contributed by atoms with Gasteiger partial charge in [-0.2, -0.15) is 0 Å². The molecule has 20 heavy (non-hydrogen) atoms. The van der Waals surface area contributed by atoms with Crippen molar-refractivity contribution in [2.75, 3.05) is 13.2 Å². The fraction of sp³-hybridized carbons (Fsp3) is 0.429. The third-order valence-corrected chi connectivity index (χ3v) is 2.56. The van der Waals surface area contributed by atoms with E-state index in [-0.39, 0.29) is 0 Å². The second kappa shape index (κ2) is 7.49. The van der Waals surface area contributed by atoms with Gasteiger partial charge in [0.15, 0.2) is 17.3 Å². The largest absolute Gasteiger partial charge is 0.490 e. The van der Waals surface area contributed by atoms with Crippen LogP contribution in [0.15, 0.2) is 18.2 Å². The molecule has 110 valence electrons. The number of aliphatic carboxylic acids is 1. The van der Waals surface area contributed by atoms with E-state index >= 15 is 0 Å². The Hall–Kier alpha value is -2.08. The van der Waals surface area contributed by atoms with E-state index in [1.54, 1.807) is 12.1 Å². The number of ketones is 1. The number of carbonyl (C=O) groups excluding carboxylic acids is 1. The van der Waals surface area contributed by atoms with Gasteiger partial charge in [0.25, 0.3) is 0 Å². The summed E-state index contributed by atoms with van der Waals surface area (Å²) in [6.45, 7) is 4.57. The van der Waals surface area contributed by atoms with E-state index in [0.717, 1.165) is 0 Å². The Morgan fingerprint density at radius 2 is 1.80 bits per heavy atom. The van der Waals surface area contributed by atoms with Crippen LogP contribution < -0.4 is 15.2 Å². The summed E-state index contributed by atoms with van der Waals surface area (Å²) in [6.07, 6.45) is -0.407. The molecular formula is C14H19NO5. The van der Waals surface area contributed by atoms with Crippen LogP contribution in [0.5, 0.6) is 11.5 Å². The van der Waals surface area contributed by atoms with Crippen LogP contribution in [-0.4, -0.2) is 36.1 Å². The van der Waals surface area contributed by atoms with Crippen molar-refractivity contribution in [3.05, 3.63) is 23.8 Å². The molecule has 0 aromatic heterocycles. The molecule has 1 rings (SSSR count). The molecule has 0 aliphatic rings. The maximum atomic E-state index is 12.0. The van der Waals surface area contributed by atoms with Crippen molar-refractivity contribution in [2.24, 2.45) is 5.73 Å². The zero-order valence-electron chi connectivity index (χ0n) is 11.6. The number of hydrogen-bond donors (Lipinski definition) is 2. The molecule has 0 saturated carbocycles. The summed E-state index contributed by atoms with van der Waals surface area (Å²) in [6, 6.07) is 3.63. The van der Waals surface area contributed by atoms with Gasteiger partial charge >= 0.3 is 5.97 Å². The molecule has 1 atom stereocenters. The topological polar surface area (TPSA) is 98.9 Å². The molecule has 3 N–H and O–H groups in total. The van der Waals surface area contributed by atoms with Gasteiger partial charge in [-0.15, -0.1) is 0 Å². The SMILES string of the molecule is CCOc1ccc(C(=O)C(N)CC(=O)O)cc1OCC. The lowest BCUT2D eigenvalue weighted by atomic mass is 10.0. The molecule has 1 unspecified atom stereocenters. The highest BCUT2D eigenvalue weighted by Gasteiger charge is 2.20. The van der Waals surface area contributed by atoms with Crippen LogP contribution in [0, 0.1) is 0 Å². The second-order valence-corrected chi connectivity index (χ2v) is 4.10. The van der Waals surface area contributed by atoms with E-state index in [4.69, 9.17) is 20.3 Å². The molecule has 0 fully saturated rings. The quantitative estimate of drug-likeness (QED) is 0.700. The molecule has 1 aromatic rings. The Kier molecular flexibility index (Phi) is 5.99. The molecular weight excluding hydrogens is 262 g/mol. The molecule has 6 heteroatoms. The maximum absolute atomic E-state index is 12.0. The van der Waals surface area contributed by atoms with Crippen LogP contribution in [0.3, 0.4) is 0 Å². The van der Waals surface area contributed by atoms with E-state index in [2.05, 4.69) is 0 Å². The summed E-state index contributed by atoms with van der Waals surface area (Å²) in [7, 11) is 0. The molecule has 1 aromatic carbocycles. The van der Waals surface area contributed by atoms with Crippen molar-refractivity contribution in [1.29, 1.82) is 0 Å². The van der Waals surface area contributed by atoms with Gasteiger partial charge in [-0.25, -0.2) is 0 Å². The van der Waals surface area contributed by atoms with Gasteiger partial charge in [-0.05, 0) is 32.0 Å². The third kappa shape index (κ3) is 4.24. The minimum absolute atomic E-state index is 0.311. The number of rotatable bonds is 8. The second-order valence-electron chi connectivity index (χ2n) is 4.10. The number of ether oxygens (including phenoxy) is 2. The first-order valence-electron chi connectivity index (χ1n) is 6.40. The summed E-state index contributed by atoms with van der Waals surface area (Å²) < 4.78 is 10.8. The zero-order chi connectivity index (χ0) is 15.1. The van der Waals surface area contributed by atoms with Crippen LogP contribution in [-0.2, 0) is 4.79 Å². The van der Waals surface area contributed by atoms with Gasteiger partial charge in [0, 0.05) is 5.56 Å². The van der Waals surface area contributed by atoms with Crippen molar-refractivity contribution in [1.82, 2.24) is 0 Å². The maximum Gasteiger partial charge on any atom is 0.305 e. The number of carboxylic acids is 1. The Balaban J connectivity index is 2.98. The van der Waals surface area contributed by atoms with Crippen molar-refractivity contribution in [3.63, 3.8) is 0 Å². The third-order valence-electron chi connectivity index (χ3n) is 2.56. The van der Waals surface area contributed by atoms with Gasteiger partial charge in [0.1, 0.15) is 0 Å². The average Bonchev–Trinajstić information content (AvgIpc) is 2.39. The summed E-state index contributed by atoms with van der Waals surface area (Å²) >= 11 is 0. The average molecular weight is 281 g/mol. The first-order chi connectivity index (χ1) is 9.49. The predicted octanol–water partition coefficient (Wildman–Crippen LogP) is 1.47. The highest BCUT2D eigenvalue weighted by Crippen LogP contribution is 2.29. The minimum Gasteiger partial charge on any atom is -0.490 e. The van der Waals surface area contributed by atoms with E-state index in [1.807, 2.05) is 13.8 Å². The Labute approximate surface area is 117 Å². The number of carboxylic acid groups (broad SMARTS) is 1. The molecule has 0 aliphatic carbocycles. The standard InChI is InChI=1S/C14H19NO5/c1-3-19-11-6-5-9(7-12(11)20-4-2)14(18)10(15)8-13(16)17/h5-7,10H,3-4,8,15H2,1-2H3,(H,16,17). The van der Waals surface area contributed by atoms with Gasteiger partial charge in [0.2, 0.25) is 0 Å². The molecule has 0 amide bonds. The highest BCUT2D eigenvalue weighted by atomic mass is 16.5. The lowest BCUT2D eigenvalue weighted by Gasteiger charge is -2.13. The highest BCUT2D eigenvalue weighted by molar-refractivity contribution is 6.02. The van der Waals surface area contributed by atoms with Gasteiger partial charge < -0.3 is 20.3 Å². The normalized spacial score (nSPS) is 11.8. The number of carbonyl (C=O) groups is 2. The van der Waals surface area contributed by atoms with Crippen LogP contribution >= 0.6 is 0 Å². The Bertz CT molecular complexity index is 486. The number of benzene rings is 1. The molecule has 6 nitrogen and oxygen atoms in total. The van der Waals surface area contributed by atoms with Gasteiger partial charge in [-0.1, -0.05) is 0 Å². The monoisotopic (exact) mass is 281 g/mol. The molecule has 0 bridgehead atoms. The lowest BCUT2D eigenvalue weighted by molar-refractivity contribution is -0.137. The Morgan fingerprint density at radius 3 is 2.35 bits per heavy atom. The zero-order valence-corrected chi connectivity index (χ0v) is 11.6. The predicted molar refractivity (Wildman–Crippen MR) is 73.3 cm³/mol. The van der Waals surface area contributed by atoms with Crippen molar-refractivity contribution < 1.29 is 24.2 Å². The van der Waals surface area contributed by atoms with E-state index in [0.29, 0.717) is 30.3 Å². The van der Waals surface area contributed by atoms with Crippen molar-refractivity contribution in [3.8, 4) is 11.5 Å². The van der Waals surface area contributed by atoms with Crippen molar-refractivity contribution in [2.45, 2.75) is 26.3 Å². The summed E-state index contributed by atoms with van der Waals surface area (Å²) in [5.74, 6) is -0.557. The Morgan fingerprint density at radius 1 is 1.20 bits per heavy atom. The number of hydrogen-bond acceptors (Lipinski definition) is 5. The van der Waals surface area contributed by atoms with E-state index in [1.165, 1.54) is 6.07 Å². The molecule has 0 heterocycles. The van der Waals surface area contributed by atoms with E-state index < -0.39 is 24.2 Å². The summed E-state index contributed by atoms with van der Waals surface area (Å²) in [4.78, 5) is 22.6. The van der Waals surface area contributed by atoms with Crippen LogP contribution in [0.25, 0.3) is 0 Å². The van der Waals surface area contributed by atoms with Gasteiger partial charge in [0.05, 0.1) is 25.7 Å². The van der Waals surface area contributed by atoms with Gasteiger partial charge in [-0.3, -0.25) is 9.59 Å². The van der Waals surface area contributed by atoms with Crippen LogP contribution in [0.1, 0.15) is 30.6 Å². The molecule has 0 saturated heterocycles. The summed E-state index contributed by atoms with van der Waals surface area (Å²) in [5.41, 5.74) is 5.88. The number of Topliss-reactive ketones (excluding diaryl/α,β-unsaturated/α-hetero) is 1. The smallest absolute Gasteiger partial charge is 0.305 e. The minimum atomic E-state index is -1.11. The van der Waals surface area contributed by atoms with Crippen molar-refractivity contribution >= 4 is 11.8 Å². The molecule has 0 radical (unpaired) electrons. The van der Waals surface area contributed by atoms with Crippen LogP contribution in [0.2, 0.25) is 0 Å². The molecule has 0 spiro atoms.